The van der Waals surface area contributed by atoms with Crippen LogP contribution in [0.4, 0.5) is 0 Å². The van der Waals surface area contributed by atoms with Gasteiger partial charge in [-0.15, -0.1) is 0 Å². The molecule has 0 unspecified atom stereocenters. The van der Waals surface area contributed by atoms with Gasteiger partial charge in [-0.3, -0.25) is 0 Å². The lowest BCUT2D eigenvalue weighted by Gasteiger charge is -2.21. The molecule has 1 nitrogen and oxygen atoms in total. The summed E-state index contributed by atoms with van der Waals surface area (Å²) in [5.74, 6) is 1.70. The minimum atomic E-state index is -0.199. The predicted octanol–water partition coefficient (Wildman–Crippen LogP) is 9.05. The van der Waals surface area contributed by atoms with Crippen molar-refractivity contribution in [1.29, 1.82) is 0 Å². The molecule has 0 aliphatic heterocycles. The zero-order valence-corrected chi connectivity index (χ0v) is 20.8. The molecule has 0 radical (unpaired) electrons. The van der Waals surface area contributed by atoms with Gasteiger partial charge >= 0.3 is 0 Å². The molecule has 1 aliphatic rings. The summed E-state index contributed by atoms with van der Waals surface area (Å²) in [6, 6.07) is 40.0. The van der Waals surface area contributed by atoms with E-state index in [1.165, 1.54) is 68.3 Å². The third-order valence-electron chi connectivity index (χ3n) is 7.18. The van der Waals surface area contributed by atoms with Crippen LogP contribution in [-0.4, -0.2) is 6.61 Å². The van der Waals surface area contributed by atoms with Gasteiger partial charge in [0.1, 0.15) is 5.75 Å². The summed E-state index contributed by atoms with van der Waals surface area (Å²) < 4.78 is 6.21. The third-order valence-corrected chi connectivity index (χ3v) is 9.38. The lowest BCUT2D eigenvalue weighted by atomic mass is 9.90. The van der Waals surface area contributed by atoms with Gasteiger partial charge in [0, 0.05) is 12.1 Å². The molecule has 1 aliphatic carbocycles. The summed E-state index contributed by atoms with van der Waals surface area (Å²) in [6.45, 7) is 0.848. The van der Waals surface area contributed by atoms with Crippen LogP contribution in [0.5, 0.6) is 5.75 Å². The molecule has 6 rings (SSSR count). The van der Waals surface area contributed by atoms with Gasteiger partial charge < -0.3 is 4.74 Å². The van der Waals surface area contributed by atoms with Crippen molar-refractivity contribution >= 4 is 32.4 Å². The molecule has 0 saturated heterocycles. The normalized spacial score (nSPS) is 14.5. The lowest BCUT2D eigenvalue weighted by molar-refractivity contribution is 0.209. The zero-order valence-electron chi connectivity index (χ0n) is 20.0. The Morgan fingerprint density at radius 1 is 0.543 bits per heavy atom. The molecular weight excluding hydrogens is 444 g/mol. The van der Waals surface area contributed by atoms with E-state index in [9.17, 15) is 0 Å². The smallest absolute Gasteiger partial charge is 0.167 e. The van der Waals surface area contributed by atoms with Gasteiger partial charge in [0.25, 0.3) is 0 Å². The molecular formula is C33H31OS+. The van der Waals surface area contributed by atoms with Crippen LogP contribution in [0, 0.1) is 5.92 Å². The summed E-state index contributed by atoms with van der Waals surface area (Å²) >= 11 is 0. The largest absolute Gasteiger partial charge is 0.493 e. The lowest BCUT2D eigenvalue weighted by Crippen LogP contribution is -2.15. The van der Waals surface area contributed by atoms with E-state index in [2.05, 4.69) is 109 Å². The van der Waals surface area contributed by atoms with E-state index in [0.717, 1.165) is 12.4 Å². The number of ether oxygens (including phenoxy) is 1. The van der Waals surface area contributed by atoms with Gasteiger partial charge in [0.15, 0.2) is 14.7 Å². The van der Waals surface area contributed by atoms with Gasteiger partial charge in [0.05, 0.1) is 17.5 Å². The second-order valence-corrected chi connectivity index (χ2v) is 11.6. The first-order valence-electron chi connectivity index (χ1n) is 12.8. The van der Waals surface area contributed by atoms with Gasteiger partial charge in [-0.25, -0.2) is 0 Å². The standard InChI is InChI=1S/C33H31OS/c1-2-8-25(9-3-1)24-34-30-16-20-31(21-17-30)35(32-18-14-26-10-4-6-12-28(26)22-32)33-19-15-27-11-5-7-13-29(27)23-33/h4-7,10-23,25H,1-3,8-9,24H2/q+1. The fourth-order valence-electron chi connectivity index (χ4n) is 5.24. The fraction of sp³-hybridized carbons (Fsp3) is 0.212. The topological polar surface area (TPSA) is 9.23 Å². The van der Waals surface area contributed by atoms with E-state index >= 15 is 0 Å². The molecule has 1 fully saturated rings. The first kappa shape index (κ1) is 22.2. The average molecular weight is 476 g/mol. The maximum absolute atomic E-state index is 6.21. The summed E-state index contributed by atoms with van der Waals surface area (Å²) in [5.41, 5.74) is 0. The number of hydrogen-bond acceptors (Lipinski definition) is 1. The molecule has 5 aromatic carbocycles. The second kappa shape index (κ2) is 10.2. The van der Waals surface area contributed by atoms with Gasteiger partial charge in [-0.05, 0) is 88.8 Å². The molecule has 0 bridgehead atoms. The Bertz CT molecular complexity index is 1350. The Morgan fingerprint density at radius 2 is 1.06 bits per heavy atom. The molecule has 1 saturated carbocycles. The summed E-state index contributed by atoms with van der Waals surface area (Å²) in [4.78, 5) is 4.00. The van der Waals surface area contributed by atoms with Crippen molar-refractivity contribution in [3.05, 3.63) is 109 Å². The Labute approximate surface area is 211 Å². The molecule has 5 aromatic rings. The quantitative estimate of drug-likeness (QED) is 0.223. The first-order valence-corrected chi connectivity index (χ1v) is 14.0. The molecule has 0 atom stereocenters. The van der Waals surface area contributed by atoms with E-state index in [1.54, 1.807) is 0 Å². The van der Waals surface area contributed by atoms with Crippen molar-refractivity contribution in [2.75, 3.05) is 6.61 Å². The molecule has 0 aromatic heterocycles. The van der Waals surface area contributed by atoms with Gasteiger partial charge in [0.2, 0.25) is 0 Å². The number of benzene rings is 5. The van der Waals surface area contributed by atoms with Crippen molar-refractivity contribution < 1.29 is 4.74 Å². The Morgan fingerprint density at radius 3 is 1.63 bits per heavy atom. The van der Waals surface area contributed by atoms with Crippen LogP contribution < -0.4 is 4.74 Å². The van der Waals surface area contributed by atoms with Crippen molar-refractivity contribution in [3.63, 3.8) is 0 Å². The number of hydrogen-bond donors (Lipinski definition) is 0. The molecule has 174 valence electrons. The summed E-state index contributed by atoms with van der Waals surface area (Å²) in [5, 5.41) is 5.14. The van der Waals surface area contributed by atoms with Crippen LogP contribution in [-0.2, 0) is 10.9 Å². The molecule has 35 heavy (non-hydrogen) atoms. The predicted molar refractivity (Wildman–Crippen MR) is 149 cm³/mol. The molecule has 0 spiro atoms. The maximum atomic E-state index is 6.21. The minimum Gasteiger partial charge on any atom is -0.493 e. The second-order valence-electron chi connectivity index (χ2n) is 9.61. The van der Waals surface area contributed by atoms with Crippen LogP contribution in [0.25, 0.3) is 21.5 Å². The molecule has 0 amide bonds. The van der Waals surface area contributed by atoms with Crippen molar-refractivity contribution in [3.8, 4) is 5.75 Å². The summed E-state index contributed by atoms with van der Waals surface area (Å²) in [6.07, 6.45) is 6.72. The molecule has 0 heterocycles. The fourth-order valence-corrected chi connectivity index (χ4v) is 7.36. The average Bonchev–Trinajstić information content (AvgIpc) is 2.93. The third kappa shape index (κ3) is 4.94. The monoisotopic (exact) mass is 475 g/mol. The zero-order chi connectivity index (χ0) is 23.5. The van der Waals surface area contributed by atoms with E-state index < -0.39 is 0 Å². The van der Waals surface area contributed by atoms with E-state index in [4.69, 9.17) is 4.74 Å². The van der Waals surface area contributed by atoms with Gasteiger partial charge in [-0.2, -0.15) is 0 Å². The highest BCUT2D eigenvalue weighted by Crippen LogP contribution is 2.35. The van der Waals surface area contributed by atoms with Crippen LogP contribution >= 0.6 is 0 Å². The first-order chi connectivity index (χ1) is 17.3. The Hall–Kier alpha value is -3.23. The van der Waals surface area contributed by atoms with Crippen LogP contribution in [0.3, 0.4) is 0 Å². The summed E-state index contributed by atoms with van der Waals surface area (Å²) in [7, 11) is -0.199. The SMILES string of the molecule is c1ccc2cc([S+](c3ccc(OCC4CCCCC4)cc3)c3ccc4ccccc4c3)ccc2c1. The van der Waals surface area contributed by atoms with E-state index in [0.29, 0.717) is 5.92 Å². The van der Waals surface area contributed by atoms with Crippen LogP contribution in [0.15, 0.2) is 124 Å². The van der Waals surface area contributed by atoms with E-state index in [-0.39, 0.29) is 10.9 Å². The van der Waals surface area contributed by atoms with Crippen molar-refractivity contribution in [1.82, 2.24) is 0 Å². The Kier molecular flexibility index (Phi) is 6.47. The van der Waals surface area contributed by atoms with E-state index in [1.807, 2.05) is 0 Å². The molecule has 0 N–H and O–H groups in total. The number of fused-ring (bicyclic) bond motifs is 2. The maximum Gasteiger partial charge on any atom is 0.167 e. The van der Waals surface area contributed by atoms with Crippen molar-refractivity contribution in [2.45, 2.75) is 46.8 Å². The molecule has 2 heteroatoms. The minimum absolute atomic E-state index is 0.199. The highest BCUT2D eigenvalue weighted by Gasteiger charge is 2.29. The Balaban J connectivity index is 1.35. The highest BCUT2D eigenvalue weighted by atomic mass is 32.2. The van der Waals surface area contributed by atoms with Crippen LogP contribution in [0.1, 0.15) is 32.1 Å². The van der Waals surface area contributed by atoms with Crippen LogP contribution in [0.2, 0.25) is 0 Å². The number of rotatable bonds is 6. The van der Waals surface area contributed by atoms with Crippen molar-refractivity contribution in [2.24, 2.45) is 5.92 Å². The highest BCUT2D eigenvalue weighted by molar-refractivity contribution is 7.97. The van der Waals surface area contributed by atoms with Gasteiger partial charge in [-0.1, -0.05) is 67.8 Å².